The highest BCUT2D eigenvalue weighted by Gasteiger charge is 2.42. The van der Waals surface area contributed by atoms with Gasteiger partial charge in [-0.2, -0.15) is 0 Å². The van der Waals surface area contributed by atoms with Crippen molar-refractivity contribution >= 4 is 9.24 Å². The van der Waals surface area contributed by atoms with E-state index in [4.69, 9.17) is 0 Å². The highest BCUT2D eigenvalue weighted by atomic mass is 31.0. The average molecular weight is 473 g/mol. The molecule has 0 heterocycles. The van der Waals surface area contributed by atoms with Crippen molar-refractivity contribution in [2.45, 2.75) is 83.0 Å². The van der Waals surface area contributed by atoms with Gasteiger partial charge in [-0.05, 0) is 35.2 Å². The molecule has 3 aromatic carbocycles. The molecule has 0 nitrogen and oxygen atoms in total. The molecular weight excluding hydrogens is 427 g/mol. The summed E-state index contributed by atoms with van der Waals surface area (Å²) in [6.45, 7) is 2.30. The molecule has 3 rings (SSSR count). The van der Waals surface area contributed by atoms with Gasteiger partial charge in [0.2, 0.25) is 0 Å². The van der Waals surface area contributed by atoms with Gasteiger partial charge in [0.05, 0.1) is 0 Å². The second-order valence-corrected chi connectivity index (χ2v) is 10.3. The Morgan fingerprint density at radius 1 is 0.529 bits per heavy atom. The van der Waals surface area contributed by atoms with E-state index in [0.717, 1.165) is 6.16 Å². The molecule has 34 heavy (non-hydrogen) atoms. The zero-order valence-electron chi connectivity index (χ0n) is 21.3. The number of hydrogen-bond acceptors (Lipinski definition) is 0. The maximum atomic E-state index is 3.09. The largest absolute Gasteiger partial charge is 0.137 e. The molecule has 0 N–H and O–H groups in total. The average Bonchev–Trinajstić information content (AvgIpc) is 2.91. The van der Waals surface area contributed by atoms with E-state index >= 15 is 0 Å². The van der Waals surface area contributed by atoms with Crippen LogP contribution in [0, 0.1) is 5.92 Å². The van der Waals surface area contributed by atoms with Crippen LogP contribution < -0.4 is 0 Å². The van der Waals surface area contributed by atoms with Crippen molar-refractivity contribution < 1.29 is 0 Å². The summed E-state index contributed by atoms with van der Waals surface area (Å²) in [5.74, 6) is 0.527. The minimum atomic E-state index is -0.134. The molecule has 0 aliphatic rings. The second-order valence-electron chi connectivity index (χ2n) is 9.81. The SMILES string of the molecule is CCCCCCCCCCCCC(CP)C(c1ccccc1)(c1ccccc1)c1ccccc1. The van der Waals surface area contributed by atoms with E-state index < -0.39 is 0 Å². The predicted octanol–water partition coefficient (Wildman–Crippen LogP) is 9.82. The zero-order chi connectivity index (χ0) is 23.9. The number of unbranched alkanes of at least 4 members (excludes halogenated alkanes) is 9. The van der Waals surface area contributed by atoms with Crippen LogP contribution in [0.25, 0.3) is 0 Å². The van der Waals surface area contributed by atoms with Crippen molar-refractivity contribution in [1.29, 1.82) is 0 Å². The molecule has 0 aromatic heterocycles. The summed E-state index contributed by atoms with van der Waals surface area (Å²) < 4.78 is 0. The van der Waals surface area contributed by atoms with Crippen LogP contribution >= 0.6 is 9.24 Å². The highest BCUT2D eigenvalue weighted by molar-refractivity contribution is 7.16. The van der Waals surface area contributed by atoms with Crippen molar-refractivity contribution in [1.82, 2.24) is 0 Å². The van der Waals surface area contributed by atoms with Gasteiger partial charge in [-0.1, -0.05) is 162 Å². The molecule has 2 atom stereocenters. The topological polar surface area (TPSA) is 0 Å². The summed E-state index contributed by atoms with van der Waals surface area (Å²) in [6, 6.07) is 33.7. The molecule has 0 saturated carbocycles. The first kappa shape index (κ1) is 26.7. The van der Waals surface area contributed by atoms with Crippen LogP contribution in [-0.4, -0.2) is 6.16 Å². The molecule has 1 heteroatoms. The minimum absolute atomic E-state index is 0.134. The van der Waals surface area contributed by atoms with E-state index in [1.165, 1.54) is 87.3 Å². The molecule has 0 aliphatic heterocycles. The van der Waals surface area contributed by atoms with Gasteiger partial charge >= 0.3 is 0 Å². The van der Waals surface area contributed by atoms with E-state index in [2.05, 4.69) is 107 Å². The quantitative estimate of drug-likeness (QED) is 0.110. The third-order valence-corrected chi connectivity index (χ3v) is 8.06. The van der Waals surface area contributed by atoms with E-state index in [9.17, 15) is 0 Å². The van der Waals surface area contributed by atoms with E-state index in [0.29, 0.717) is 5.92 Å². The lowest BCUT2D eigenvalue weighted by atomic mass is 9.61. The standard InChI is InChI=1S/C33H45P/c1-2-3-4-5-6-7-8-9-10-14-27-32(28-34)33(29-21-15-11-16-22-29,30-23-17-12-18-24-30)31-25-19-13-20-26-31/h11-13,15-26,32H,2-10,14,27-28,34H2,1H3. The molecule has 0 aliphatic carbocycles. The summed E-state index contributed by atoms with van der Waals surface area (Å²) in [5, 5.41) is 0. The molecule has 2 unspecified atom stereocenters. The van der Waals surface area contributed by atoms with Gasteiger partial charge in [-0.15, -0.1) is 9.24 Å². The van der Waals surface area contributed by atoms with Crippen LogP contribution in [0.5, 0.6) is 0 Å². The lowest BCUT2D eigenvalue weighted by molar-refractivity contribution is 0.368. The molecule has 0 amide bonds. The van der Waals surface area contributed by atoms with Gasteiger partial charge in [-0.3, -0.25) is 0 Å². The van der Waals surface area contributed by atoms with Crippen molar-refractivity contribution in [2.75, 3.05) is 6.16 Å². The van der Waals surface area contributed by atoms with Crippen molar-refractivity contribution in [3.63, 3.8) is 0 Å². The van der Waals surface area contributed by atoms with Crippen LogP contribution in [0.3, 0.4) is 0 Å². The maximum Gasteiger partial charge on any atom is 0.0482 e. The van der Waals surface area contributed by atoms with Gasteiger partial charge < -0.3 is 0 Å². The van der Waals surface area contributed by atoms with E-state index in [1.54, 1.807) is 0 Å². The van der Waals surface area contributed by atoms with Crippen LogP contribution in [0.1, 0.15) is 94.2 Å². The predicted molar refractivity (Wildman–Crippen MR) is 154 cm³/mol. The first-order chi connectivity index (χ1) is 16.8. The Bertz CT molecular complexity index is 791. The lowest BCUT2D eigenvalue weighted by Crippen LogP contribution is -2.39. The Balaban J connectivity index is 1.76. The van der Waals surface area contributed by atoms with Crippen molar-refractivity contribution in [3.8, 4) is 0 Å². The van der Waals surface area contributed by atoms with E-state index in [1.807, 2.05) is 0 Å². The molecule has 3 aromatic rings. The summed E-state index contributed by atoms with van der Waals surface area (Å²) >= 11 is 0. The smallest absolute Gasteiger partial charge is 0.0482 e. The summed E-state index contributed by atoms with van der Waals surface area (Å²) in [5.41, 5.74) is 4.09. The Labute approximate surface area is 211 Å². The van der Waals surface area contributed by atoms with Crippen LogP contribution in [0.2, 0.25) is 0 Å². The van der Waals surface area contributed by atoms with Crippen LogP contribution in [0.4, 0.5) is 0 Å². The molecule has 0 spiro atoms. The fraction of sp³-hybridized carbons (Fsp3) is 0.455. The first-order valence-corrected chi connectivity index (χ1v) is 14.5. The van der Waals surface area contributed by atoms with Crippen molar-refractivity contribution in [3.05, 3.63) is 108 Å². The molecule has 0 fully saturated rings. The van der Waals surface area contributed by atoms with Gasteiger partial charge in [-0.25, -0.2) is 0 Å². The summed E-state index contributed by atoms with van der Waals surface area (Å²) in [7, 11) is 3.09. The molecule has 0 saturated heterocycles. The maximum absolute atomic E-state index is 3.09. The van der Waals surface area contributed by atoms with Gasteiger partial charge in [0.25, 0.3) is 0 Å². The normalized spacial score (nSPS) is 12.5. The van der Waals surface area contributed by atoms with Gasteiger partial charge in [0.1, 0.15) is 0 Å². The summed E-state index contributed by atoms with van der Waals surface area (Å²) in [6.07, 6.45) is 16.2. The Morgan fingerprint density at radius 3 is 1.24 bits per heavy atom. The molecule has 182 valence electrons. The third-order valence-electron chi connectivity index (χ3n) is 7.49. The van der Waals surface area contributed by atoms with Crippen LogP contribution in [0.15, 0.2) is 91.0 Å². The number of hydrogen-bond donors (Lipinski definition) is 0. The minimum Gasteiger partial charge on any atom is -0.137 e. The summed E-state index contributed by atoms with van der Waals surface area (Å²) in [4.78, 5) is 0. The number of rotatable bonds is 16. The van der Waals surface area contributed by atoms with Gasteiger partial charge in [0, 0.05) is 5.41 Å². The highest BCUT2D eigenvalue weighted by Crippen LogP contribution is 2.47. The third kappa shape index (κ3) is 7.05. The second kappa shape index (κ2) is 15.2. The monoisotopic (exact) mass is 472 g/mol. The number of benzene rings is 3. The fourth-order valence-corrected chi connectivity index (χ4v) is 6.29. The molecular formula is C33H45P. The first-order valence-electron chi connectivity index (χ1n) is 13.7. The lowest BCUT2D eigenvalue weighted by Gasteiger charge is -2.43. The zero-order valence-corrected chi connectivity index (χ0v) is 22.5. The molecule has 0 radical (unpaired) electrons. The van der Waals surface area contributed by atoms with Gasteiger partial charge in [0.15, 0.2) is 0 Å². The van der Waals surface area contributed by atoms with Crippen molar-refractivity contribution in [2.24, 2.45) is 5.92 Å². The van der Waals surface area contributed by atoms with E-state index in [-0.39, 0.29) is 5.41 Å². The Hall–Kier alpha value is -1.91. The molecule has 0 bridgehead atoms. The Kier molecular flexibility index (Phi) is 11.9. The van der Waals surface area contributed by atoms with Crippen LogP contribution in [-0.2, 0) is 5.41 Å². The fourth-order valence-electron chi connectivity index (χ4n) is 5.70. The Morgan fingerprint density at radius 2 is 0.882 bits per heavy atom.